The zero-order valence-corrected chi connectivity index (χ0v) is 11.6. The zero-order valence-electron chi connectivity index (χ0n) is 9.30. The van der Waals surface area contributed by atoms with Crippen LogP contribution in [0.5, 0.6) is 0 Å². The number of carbonyl (C=O) groups is 1. The van der Waals surface area contributed by atoms with Gasteiger partial charge in [-0.05, 0) is 30.2 Å². The van der Waals surface area contributed by atoms with E-state index in [1.165, 1.54) is 0 Å². The average Bonchev–Trinajstić information content (AvgIpc) is 2.29. The molecule has 3 nitrogen and oxygen atoms in total. The summed E-state index contributed by atoms with van der Waals surface area (Å²) in [5.74, 6) is -0.0240. The number of rotatable bonds is 4. The fourth-order valence-electron chi connectivity index (χ4n) is 1.38. The molecule has 0 atom stereocenters. The Kier molecular flexibility index (Phi) is 5.46. The highest BCUT2D eigenvalue weighted by atomic mass is 79.9. The van der Waals surface area contributed by atoms with Crippen molar-refractivity contribution in [2.75, 3.05) is 6.61 Å². The maximum atomic E-state index is 11.4. The third-order valence-electron chi connectivity index (χ3n) is 2.18. The fourth-order valence-corrected chi connectivity index (χ4v) is 2.29. The van der Waals surface area contributed by atoms with Crippen molar-refractivity contribution in [3.05, 3.63) is 33.3 Å². The summed E-state index contributed by atoms with van der Waals surface area (Å²) >= 11 is 9.09. The molecular formula is C12H11BrClNO2. The van der Waals surface area contributed by atoms with Crippen molar-refractivity contribution in [3.8, 4) is 6.07 Å². The Morgan fingerprint density at radius 2 is 2.24 bits per heavy atom. The second-order valence-corrected chi connectivity index (χ2v) is 4.45. The molecule has 0 heterocycles. The molecule has 0 aliphatic heterocycles. The van der Waals surface area contributed by atoms with Crippen molar-refractivity contribution >= 4 is 33.5 Å². The Labute approximate surface area is 113 Å². The molecule has 0 N–H and O–H groups in total. The molecule has 0 amide bonds. The van der Waals surface area contributed by atoms with Crippen molar-refractivity contribution in [1.82, 2.24) is 0 Å². The number of hydrogen-bond acceptors (Lipinski definition) is 3. The van der Waals surface area contributed by atoms with E-state index in [9.17, 15) is 4.79 Å². The highest BCUT2D eigenvalue weighted by molar-refractivity contribution is 9.10. The number of carbonyl (C=O) groups excluding carboxylic acids is 1. The Morgan fingerprint density at radius 1 is 1.53 bits per heavy atom. The first-order chi connectivity index (χ1) is 8.12. The number of ether oxygens (including phenoxy) is 1. The quantitative estimate of drug-likeness (QED) is 0.633. The molecule has 0 saturated carbocycles. The van der Waals surface area contributed by atoms with Crippen LogP contribution in [0, 0.1) is 11.3 Å². The number of halogens is 2. The smallest absolute Gasteiger partial charge is 0.310 e. The van der Waals surface area contributed by atoms with Gasteiger partial charge in [-0.3, -0.25) is 4.79 Å². The number of esters is 1. The van der Waals surface area contributed by atoms with Crippen LogP contribution in [0.4, 0.5) is 0 Å². The molecule has 0 spiro atoms. The van der Waals surface area contributed by atoms with Crippen LogP contribution in [-0.4, -0.2) is 12.6 Å². The van der Waals surface area contributed by atoms with Gasteiger partial charge in [0, 0.05) is 10.4 Å². The van der Waals surface area contributed by atoms with Crippen molar-refractivity contribution in [2.24, 2.45) is 0 Å². The van der Waals surface area contributed by atoms with E-state index in [-0.39, 0.29) is 12.4 Å². The van der Waals surface area contributed by atoms with Crippen LogP contribution in [0.2, 0.25) is 0 Å². The highest BCUT2D eigenvalue weighted by Gasteiger charge is 2.12. The lowest BCUT2D eigenvalue weighted by atomic mass is 10.0. The summed E-state index contributed by atoms with van der Waals surface area (Å²) < 4.78 is 5.65. The van der Waals surface area contributed by atoms with E-state index in [0.29, 0.717) is 23.6 Å². The molecule has 0 unspecified atom stereocenters. The molecule has 1 aromatic rings. The second kappa shape index (κ2) is 6.63. The van der Waals surface area contributed by atoms with E-state index in [2.05, 4.69) is 22.0 Å². The summed E-state index contributed by atoms with van der Waals surface area (Å²) in [4.78, 5) is 11.4. The average molecular weight is 317 g/mol. The molecule has 0 aliphatic carbocycles. The number of alkyl halides is 1. The van der Waals surface area contributed by atoms with Crippen LogP contribution < -0.4 is 0 Å². The summed E-state index contributed by atoms with van der Waals surface area (Å²) in [6.45, 7) is 2.08. The molecule has 0 aliphatic rings. The van der Waals surface area contributed by atoms with Crippen molar-refractivity contribution < 1.29 is 9.53 Å². The minimum absolute atomic E-state index is 0.0951. The summed E-state index contributed by atoms with van der Waals surface area (Å²) in [5.41, 5.74) is 1.93. The first-order valence-corrected chi connectivity index (χ1v) is 6.38. The third kappa shape index (κ3) is 3.72. The minimum Gasteiger partial charge on any atom is -0.466 e. The SMILES string of the molecule is CCOC(=O)Cc1cc(Br)c(CCl)cc1C#N. The number of nitrogens with zero attached hydrogens (tertiary/aromatic N) is 1. The summed E-state index contributed by atoms with van der Waals surface area (Å²) in [5, 5.41) is 9.01. The zero-order chi connectivity index (χ0) is 12.8. The molecular weight excluding hydrogens is 305 g/mol. The van der Waals surface area contributed by atoms with E-state index in [1.807, 2.05) is 0 Å². The van der Waals surface area contributed by atoms with Gasteiger partial charge in [0.2, 0.25) is 0 Å². The highest BCUT2D eigenvalue weighted by Crippen LogP contribution is 2.24. The van der Waals surface area contributed by atoms with E-state index in [4.69, 9.17) is 21.6 Å². The van der Waals surface area contributed by atoms with Crippen LogP contribution in [0.25, 0.3) is 0 Å². The lowest BCUT2D eigenvalue weighted by molar-refractivity contribution is -0.142. The predicted octanol–water partition coefficient (Wildman–Crippen LogP) is 3.17. The Balaban J connectivity index is 3.03. The van der Waals surface area contributed by atoms with Crippen LogP contribution in [-0.2, 0) is 21.8 Å². The second-order valence-electron chi connectivity index (χ2n) is 3.33. The molecule has 0 fully saturated rings. The summed E-state index contributed by atoms with van der Waals surface area (Å²) in [6, 6.07) is 5.49. The van der Waals surface area contributed by atoms with Gasteiger partial charge >= 0.3 is 5.97 Å². The lowest BCUT2D eigenvalue weighted by Crippen LogP contribution is -2.09. The van der Waals surface area contributed by atoms with E-state index in [1.54, 1.807) is 19.1 Å². The maximum absolute atomic E-state index is 11.4. The molecule has 5 heteroatoms. The van der Waals surface area contributed by atoms with Crippen LogP contribution >= 0.6 is 27.5 Å². The fraction of sp³-hybridized carbons (Fsp3) is 0.333. The maximum Gasteiger partial charge on any atom is 0.310 e. The van der Waals surface area contributed by atoms with Crippen LogP contribution in [0.15, 0.2) is 16.6 Å². The summed E-state index contributed by atoms with van der Waals surface area (Å²) in [7, 11) is 0. The molecule has 90 valence electrons. The Morgan fingerprint density at radius 3 is 2.76 bits per heavy atom. The predicted molar refractivity (Wildman–Crippen MR) is 68.8 cm³/mol. The molecule has 0 bridgehead atoms. The van der Waals surface area contributed by atoms with E-state index in [0.717, 1.165) is 10.0 Å². The lowest BCUT2D eigenvalue weighted by Gasteiger charge is -2.07. The van der Waals surface area contributed by atoms with Crippen molar-refractivity contribution in [2.45, 2.75) is 19.2 Å². The van der Waals surface area contributed by atoms with Crippen molar-refractivity contribution in [3.63, 3.8) is 0 Å². The van der Waals surface area contributed by atoms with Crippen LogP contribution in [0.1, 0.15) is 23.6 Å². The number of hydrogen-bond donors (Lipinski definition) is 0. The van der Waals surface area contributed by atoms with Gasteiger partial charge in [-0.15, -0.1) is 11.6 Å². The molecule has 0 radical (unpaired) electrons. The minimum atomic E-state index is -0.338. The Hall–Kier alpha value is -1.05. The number of benzene rings is 1. The van der Waals surface area contributed by atoms with Gasteiger partial charge in [0.25, 0.3) is 0 Å². The van der Waals surface area contributed by atoms with Gasteiger partial charge in [0.1, 0.15) is 0 Å². The third-order valence-corrected chi connectivity index (χ3v) is 3.20. The van der Waals surface area contributed by atoms with Gasteiger partial charge in [-0.25, -0.2) is 0 Å². The molecule has 17 heavy (non-hydrogen) atoms. The van der Waals surface area contributed by atoms with Gasteiger partial charge in [0.15, 0.2) is 0 Å². The molecule has 0 saturated heterocycles. The Bertz CT molecular complexity index is 468. The van der Waals surface area contributed by atoms with Gasteiger partial charge in [-0.2, -0.15) is 5.26 Å². The monoisotopic (exact) mass is 315 g/mol. The van der Waals surface area contributed by atoms with Gasteiger partial charge < -0.3 is 4.74 Å². The van der Waals surface area contributed by atoms with Crippen LogP contribution in [0.3, 0.4) is 0 Å². The first-order valence-electron chi connectivity index (χ1n) is 5.05. The van der Waals surface area contributed by atoms with Crippen molar-refractivity contribution in [1.29, 1.82) is 5.26 Å². The van der Waals surface area contributed by atoms with E-state index >= 15 is 0 Å². The van der Waals surface area contributed by atoms with E-state index < -0.39 is 0 Å². The largest absolute Gasteiger partial charge is 0.466 e. The topological polar surface area (TPSA) is 50.1 Å². The summed E-state index contributed by atoms with van der Waals surface area (Å²) in [6.07, 6.45) is 0.0951. The van der Waals surface area contributed by atoms with Gasteiger partial charge in [-0.1, -0.05) is 15.9 Å². The molecule has 0 aromatic heterocycles. The molecule has 1 aromatic carbocycles. The molecule has 1 rings (SSSR count). The normalized spacial score (nSPS) is 9.76. The first kappa shape index (κ1) is 14.0. The number of nitriles is 1. The standard InChI is InChI=1S/C12H11BrClNO2/c1-2-17-12(16)5-8-4-11(13)9(6-14)3-10(8)7-15/h3-4H,2,5-6H2,1H3. The van der Waals surface area contributed by atoms with Gasteiger partial charge in [0.05, 0.1) is 24.7 Å².